The first-order valence-electron chi connectivity index (χ1n) is 9.85. The number of rotatable bonds is 7. The summed E-state index contributed by atoms with van der Waals surface area (Å²) in [5.74, 6) is 2.29. The predicted molar refractivity (Wildman–Crippen MR) is 100 cm³/mol. The van der Waals surface area contributed by atoms with E-state index in [-0.39, 0.29) is 17.9 Å². The van der Waals surface area contributed by atoms with Gasteiger partial charge in [0, 0.05) is 51.2 Å². The summed E-state index contributed by atoms with van der Waals surface area (Å²) < 4.78 is 11.2. The van der Waals surface area contributed by atoms with Gasteiger partial charge in [0.05, 0.1) is 6.61 Å². The molecule has 1 aromatic carbocycles. The third-order valence-electron chi connectivity index (χ3n) is 6.31. The lowest BCUT2D eigenvalue weighted by Crippen LogP contribution is -2.39. The Bertz CT molecular complexity index is 619. The van der Waals surface area contributed by atoms with Crippen molar-refractivity contribution in [3.8, 4) is 5.75 Å². The van der Waals surface area contributed by atoms with Crippen LogP contribution in [0.5, 0.6) is 5.75 Å². The van der Waals surface area contributed by atoms with Crippen molar-refractivity contribution in [2.75, 3.05) is 53.0 Å². The summed E-state index contributed by atoms with van der Waals surface area (Å²) in [5.41, 5.74) is 0.202. The van der Waals surface area contributed by atoms with Gasteiger partial charge in [0.25, 0.3) is 5.91 Å². The van der Waals surface area contributed by atoms with Gasteiger partial charge in [-0.3, -0.25) is 4.79 Å². The molecule has 4 rings (SSSR count). The first-order chi connectivity index (χ1) is 12.7. The van der Waals surface area contributed by atoms with Gasteiger partial charge < -0.3 is 19.3 Å². The number of amides is 1. The molecule has 5 heteroatoms. The molecule has 2 saturated heterocycles. The molecule has 2 aliphatic heterocycles. The lowest BCUT2D eigenvalue weighted by atomic mass is 9.77. The Kier molecular flexibility index (Phi) is 5.18. The minimum Gasteiger partial charge on any atom is -0.484 e. The van der Waals surface area contributed by atoms with Gasteiger partial charge in [0.15, 0.2) is 6.61 Å². The van der Waals surface area contributed by atoms with Crippen molar-refractivity contribution < 1.29 is 14.3 Å². The van der Waals surface area contributed by atoms with Gasteiger partial charge in [0.1, 0.15) is 5.75 Å². The molecule has 0 unspecified atom stereocenters. The van der Waals surface area contributed by atoms with E-state index in [2.05, 4.69) is 4.90 Å². The van der Waals surface area contributed by atoms with Crippen LogP contribution in [0.2, 0.25) is 0 Å². The van der Waals surface area contributed by atoms with E-state index in [0.29, 0.717) is 5.92 Å². The number of ether oxygens (including phenoxy) is 2. The lowest BCUT2D eigenvalue weighted by Gasteiger charge is -2.30. The van der Waals surface area contributed by atoms with Gasteiger partial charge in [-0.05, 0) is 37.3 Å². The van der Waals surface area contributed by atoms with Crippen LogP contribution in [-0.2, 0) is 9.53 Å². The first kappa shape index (κ1) is 17.8. The Morgan fingerprint density at radius 1 is 1.23 bits per heavy atom. The first-order valence-corrected chi connectivity index (χ1v) is 9.85. The molecule has 1 spiro atoms. The molecular formula is C21H30N2O3. The molecule has 0 N–H and O–H groups in total. The molecule has 26 heavy (non-hydrogen) atoms. The molecule has 1 aliphatic carbocycles. The molecule has 1 amide bonds. The summed E-state index contributed by atoms with van der Waals surface area (Å²) in [6.07, 6.45) is 3.86. The Hall–Kier alpha value is -1.59. The van der Waals surface area contributed by atoms with Crippen molar-refractivity contribution in [2.24, 2.45) is 17.3 Å². The van der Waals surface area contributed by atoms with E-state index in [1.54, 1.807) is 7.11 Å². The number of nitrogens with zero attached hydrogens (tertiary/aromatic N) is 2. The van der Waals surface area contributed by atoms with Crippen molar-refractivity contribution in [3.05, 3.63) is 30.3 Å². The molecule has 3 aliphatic rings. The molecule has 142 valence electrons. The minimum absolute atomic E-state index is 0.0996. The lowest BCUT2D eigenvalue weighted by molar-refractivity contribution is -0.132. The van der Waals surface area contributed by atoms with E-state index in [1.807, 2.05) is 35.2 Å². The maximum atomic E-state index is 12.6. The van der Waals surface area contributed by atoms with Crippen molar-refractivity contribution in [1.82, 2.24) is 9.80 Å². The highest BCUT2D eigenvalue weighted by molar-refractivity contribution is 5.78. The molecule has 3 fully saturated rings. The summed E-state index contributed by atoms with van der Waals surface area (Å²) in [4.78, 5) is 17.3. The van der Waals surface area contributed by atoms with Crippen molar-refractivity contribution >= 4 is 5.91 Å². The Balaban J connectivity index is 1.35. The van der Waals surface area contributed by atoms with Crippen LogP contribution in [0, 0.1) is 17.3 Å². The van der Waals surface area contributed by atoms with E-state index in [4.69, 9.17) is 9.47 Å². The third kappa shape index (κ3) is 3.89. The topological polar surface area (TPSA) is 42.0 Å². The van der Waals surface area contributed by atoms with Crippen LogP contribution in [0.25, 0.3) is 0 Å². The normalized spacial score (nSPS) is 28.8. The number of hydrogen-bond donors (Lipinski definition) is 0. The fourth-order valence-electron chi connectivity index (χ4n) is 4.70. The summed E-state index contributed by atoms with van der Waals surface area (Å²) in [5, 5.41) is 0. The molecule has 5 nitrogen and oxygen atoms in total. The monoisotopic (exact) mass is 358 g/mol. The van der Waals surface area contributed by atoms with Gasteiger partial charge in [0.2, 0.25) is 0 Å². The summed E-state index contributed by atoms with van der Waals surface area (Å²) >= 11 is 0. The number of benzene rings is 1. The number of para-hydroxylation sites is 1. The summed E-state index contributed by atoms with van der Waals surface area (Å²) in [7, 11) is 1.79. The molecule has 0 aromatic heterocycles. The van der Waals surface area contributed by atoms with Gasteiger partial charge >= 0.3 is 0 Å². The van der Waals surface area contributed by atoms with E-state index in [9.17, 15) is 4.79 Å². The summed E-state index contributed by atoms with van der Waals surface area (Å²) in [6.45, 7) is 6.07. The molecule has 1 aromatic rings. The second-order valence-corrected chi connectivity index (χ2v) is 8.32. The second-order valence-electron chi connectivity index (χ2n) is 8.32. The van der Waals surface area contributed by atoms with Crippen LogP contribution in [0.1, 0.15) is 19.3 Å². The highest BCUT2D eigenvalue weighted by atomic mass is 16.5. The van der Waals surface area contributed by atoms with Crippen LogP contribution in [0.15, 0.2) is 30.3 Å². The van der Waals surface area contributed by atoms with Gasteiger partial charge in [-0.25, -0.2) is 0 Å². The Morgan fingerprint density at radius 3 is 2.77 bits per heavy atom. The zero-order valence-corrected chi connectivity index (χ0v) is 15.7. The molecule has 0 radical (unpaired) electrons. The van der Waals surface area contributed by atoms with Gasteiger partial charge in [-0.2, -0.15) is 0 Å². The van der Waals surface area contributed by atoms with Crippen molar-refractivity contribution in [2.45, 2.75) is 19.3 Å². The highest BCUT2D eigenvalue weighted by Gasteiger charge is 2.51. The molecule has 0 bridgehead atoms. The zero-order valence-electron chi connectivity index (χ0n) is 15.7. The van der Waals surface area contributed by atoms with Crippen molar-refractivity contribution in [3.63, 3.8) is 0 Å². The fourth-order valence-corrected chi connectivity index (χ4v) is 4.70. The number of carbonyl (C=O) groups is 1. The van der Waals surface area contributed by atoms with Gasteiger partial charge in [-0.1, -0.05) is 18.2 Å². The molecular weight excluding hydrogens is 328 g/mol. The summed E-state index contributed by atoms with van der Waals surface area (Å²) in [6, 6.07) is 9.57. The Labute approximate surface area is 156 Å². The predicted octanol–water partition coefficient (Wildman–Crippen LogP) is 2.27. The fraction of sp³-hybridized carbons (Fsp3) is 0.667. The SMILES string of the molecule is COC[C@H]1CN(CC2CC2)C[C@@]12CCN(C(=O)COc1ccccc1)C2. The zero-order chi connectivity index (χ0) is 18.0. The number of hydrogen-bond acceptors (Lipinski definition) is 4. The molecule has 2 atom stereocenters. The van der Waals surface area contributed by atoms with E-state index in [1.165, 1.54) is 19.4 Å². The highest BCUT2D eigenvalue weighted by Crippen LogP contribution is 2.45. The smallest absolute Gasteiger partial charge is 0.260 e. The average Bonchev–Trinajstić information content (AvgIpc) is 3.26. The van der Waals surface area contributed by atoms with Crippen LogP contribution < -0.4 is 4.74 Å². The maximum Gasteiger partial charge on any atom is 0.260 e. The number of methoxy groups -OCH3 is 1. The average molecular weight is 358 g/mol. The van der Waals surface area contributed by atoms with Crippen LogP contribution in [0.3, 0.4) is 0 Å². The largest absolute Gasteiger partial charge is 0.484 e. The maximum absolute atomic E-state index is 12.6. The number of likely N-dealkylation sites (tertiary alicyclic amines) is 2. The quantitative estimate of drug-likeness (QED) is 0.750. The molecule has 2 heterocycles. The Morgan fingerprint density at radius 2 is 2.04 bits per heavy atom. The van der Waals surface area contributed by atoms with Crippen LogP contribution in [-0.4, -0.2) is 68.8 Å². The third-order valence-corrected chi connectivity index (χ3v) is 6.31. The number of carbonyl (C=O) groups excluding carboxylic acids is 1. The van der Waals surface area contributed by atoms with E-state index < -0.39 is 0 Å². The minimum atomic E-state index is 0.0996. The van der Waals surface area contributed by atoms with E-state index in [0.717, 1.165) is 50.9 Å². The molecule has 1 saturated carbocycles. The standard InChI is InChI=1S/C21H30N2O3/c1-25-13-18-12-22(11-17-7-8-17)15-21(18)9-10-23(16-21)20(24)14-26-19-5-3-2-4-6-19/h2-6,17-18H,7-16H2,1H3/t18-,21-/m1/s1. The van der Waals surface area contributed by atoms with Gasteiger partial charge in [-0.15, -0.1) is 0 Å². The van der Waals surface area contributed by atoms with Crippen LogP contribution >= 0.6 is 0 Å². The van der Waals surface area contributed by atoms with Crippen LogP contribution in [0.4, 0.5) is 0 Å². The van der Waals surface area contributed by atoms with E-state index >= 15 is 0 Å². The van der Waals surface area contributed by atoms with Crippen molar-refractivity contribution in [1.29, 1.82) is 0 Å². The second kappa shape index (κ2) is 7.57.